The van der Waals surface area contributed by atoms with Gasteiger partial charge in [0.25, 0.3) is 0 Å². The van der Waals surface area contributed by atoms with E-state index in [0.717, 1.165) is 0 Å². The smallest absolute Gasteiger partial charge is 0.313 e. The van der Waals surface area contributed by atoms with Gasteiger partial charge in [-0.3, -0.25) is 9.59 Å². The number of carbonyl (C=O) groups excluding carboxylic acids is 2. The summed E-state index contributed by atoms with van der Waals surface area (Å²) in [6.07, 6.45) is 0.0261. The highest BCUT2D eigenvalue weighted by Crippen LogP contribution is 2.33. The molecule has 5 heteroatoms. The Morgan fingerprint density at radius 2 is 1.64 bits per heavy atom. The fourth-order valence-electron chi connectivity index (χ4n) is 2.58. The molecule has 0 aliphatic heterocycles. The van der Waals surface area contributed by atoms with E-state index in [1.165, 1.54) is 7.11 Å². The molecule has 0 N–H and O–H groups in total. The van der Waals surface area contributed by atoms with Crippen molar-refractivity contribution in [3.63, 3.8) is 0 Å². The third kappa shape index (κ3) is 4.59. The van der Waals surface area contributed by atoms with E-state index in [1.54, 1.807) is 56.5 Å². The molecule has 0 fully saturated rings. The highest BCUT2D eigenvalue weighted by atomic mass is 16.5. The topological polar surface area (TPSA) is 61.8 Å². The van der Waals surface area contributed by atoms with E-state index in [0.29, 0.717) is 22.6 Å². The Kier molecular flexibility index (Phi) is 6.57. The molecule has 0 saturated carbocycles. The van der Waals surface area contributed by atoms with Crippen LogP contribution in [0.5, 0.6) is 11.5 Å². The number of hydrogen-bond acceptors (Lipinski definition) is 5. The van der Waals surface area contributed by atoms with Crippen LogP contribution in [0.4, 0.5) is 0 Å². The van der Waals surface area contributed by atoms with Crippen LogP contribution < -0.4 is 9.47 Å². The molecule has 1 unspecified atom stereocenters. The minimum absolute atomic E-state index is 0.0261. The van der Waals surface area contributed by atoms with E-state index in [9.17, 15) is 9.59 Å². The van der Waals surface area contributed by atoms with Crippen molar-refractivity contribution in [2.24, 2.45) is 0 Å². The van der Waals surface area contributed by atoms with Gasteiger partial charge in [0.2, 0.25) is 0 Å². The lowest BCUT2D eigenvalue weighted by Gasteiger charge is -2.17. The van der Waals surface area contributed by atoms with Gasteiger partial charge in [-0.15, -0.1) is 0 Å². The van der Waals surface area contributed by atoms with E-state index < -0.39 is 11.9 Å². The summed E-state index contributed by atoms with van der Waals surface area (Å²) < 4.78 is 15.7. The molecule has 1 atom stereocenters. The molecule has 2 aromatic rings. The largest absolute Gasteiger partial charge is 0.493 e. The minimum Gasteiger partial charge on any atom is -0.493 e. The maximum atomic E-state index is 12.6. The molecule has 0 radical (unpaired) electrons. The van der Waals surface area contributed by atoms with Crippen LogP contribution in [-0.4, -0.2) is 32.6 Å². The first-order valence-corrected chi connectivity index (χ1v) is 8.07. The van der Waals surface area contributed by atoms with Crippen LogP contribution in [0.3, 0.4) is 0 Å². The van der Waals surface area contributed by atoms with Crippen LogP contribution in [0.2, 0.25) is 0 Å². The van der Waals surface area contributed by atoms with Gasteiger partial charge in [0.05, 0.1) is 26.7 Å². The lowest BCUT2D eigenvalue weighted by Crippen LogP contribution is -2.19. The maximum Gasteiger partial charge on any atom is 0.313 e. The molecular weight excluding hydrogens is 320 g/mol. The Balaban J connectivity index is 2.33. The van der Waals surface area contributed by atoms with Crippen molar-refractivity contribution in [3.05, 3.63) is 59.7 Å². The fraction of sp³-hybridized carbons (Fsp3) is 0.300. The number of hydrogen-bond donors (Lipinski definition) is 0. The number of rotatable bonds is 8. The summed E-state index contributed by atoms with van der Waals surface area (Å²) in [6, 6.07) is 14.1. The summed E-state index contributed by atoms with van der Waals surface area (Å²) in [5.41, 5.74) is 1.22. The Hall–Kier alpha value is -2.82. The van der Waals surface area contributed by atoms with E-state index in [-0.39, 0.29) is 18.8 Å². The summed E-state index contributed by atoms with van der Waals surface area (Å²) in [4.78, 5) is 25.0. The van der Waals surface area contributed by atoms with Gasteiger partial charge in [-0.25, -0.2) is 0 Å². The Labute approximate surface area is 147 Å². The molecule has 132 valence electrons. The number of ether oxygens (including phenoxy) is 3. The van der Waals surface area contributed by atoms with E-state index in [2.05, 4.69) is 0 Å². The minimum atomic E-state index is -0.701. The van der Waals surface area contributed by atoms with Crippen LogP contribution in [-0.2, 0) is 9.53 Å². The second-order valence-corrected chi connectivity index (χ2v) is 5.41. The van der Waals surface area contributed by atoms with Gasteiger partial charge in [0.1, 0.15) is 0 Å². The number of esters is 1. The lowest BCUT2D eigenvalue weighted by molar-refractivity contribution is -0.144. The molecule has 0 aliphatic carbocycles. The number of Topliss-reactive ketones (excluding diaryl/α,β-unsaturated/α-hetero) is 1. The van der Waals surface area contributed by atoms with Crippen LogP contribution in [0.25, 0.3) is 0 Å². The average molecular weight is 342 g/mol. The van der Waals surface area contributed by atoms with Gasteiger partial charge in [-0.2, -0.15) is 0 Å². The fourth-order valence-corrected chi connectivity index (χ4v) is 2.58. The van der Waals surface area contributed by atoms with Crippen molar-refractivity contribution in [2.45, 2.75) is 19.3 Å². The number of carbonyl (C=O) groups is 2. The Bertz CT molecular complexity index is 724. The average Bonchev–Trinajstić information content (AvgIpc) is 2.66. The monoisotopic (exact) mass is 342 g/mol. The zero-order valence-electron chi connectivity index (χ0n) is 14.7. The van der Waals surface area contributed by atoms with Gasteiger partial charge >= 0.3 is 5.97 Å². The zero-order chi connectivity index (χ0) is 18.2. The van der Waals surface area contributed by atoms with Crippen LogP contribution >= 0.6 is 0 Å². The van der Waals surface area contributed by atoms with Crippen molar-refractivity contribution >= 4 is 11.8 Å². The molecule has 0 amide bonds. The quantitative estimate of drug-likeness (QED) is 0.541. The standard InChI is InChI=1S/C20H22O5/c1-4-25-20(22)16(13-17(21)14-8-6-5-7-9-14)15-10-11-18(23-2)19(12-15)24-3/h5-12,16H,4,13H2,1-3H3. The highest BCUT2D eigenvalue weighted by molar-refractivity contribution is 5.99. The third-order valence-corrected chi connectivity index (χ3v) is 3.87. The number of methoxy groups -OCH3 is 2. The molecule has 0 aliphatic rings. The number of ketones is 1. The molecule has 2 rings (SSSR count). The van der Waals surface area contributed by atoms with Gasteiger partial charge < -0.3 is 14.2 Å². The van der Waals surface area contributed by atoms with Gasteiger partial charge in [-0.05, 0) is 24.6 Å². The summed E-state index contributed by atoms with van der Waals surface area (Å²) in [5, 5.41) is 0. The van der Waals surface area contributed by atoms with Gasteiger partial charge in [-0.1, -0.05) is 36.4 Å². The van der Waals surface area contributed by atoms with Crippen LogP contribution in [0, 0.1) is 0 Å². The van der Waals surface area contributed by atoms with Gasteiger partial charge in [0.15, 0.2) is 17.3 Å². The molecule has 0 spiro atoms. The molecule has 5 nitrogen and oxygen atoms in total. The van der Waals surface area contributed by atoms with Gasteiger partial charge in [0, 0.05) is 12.0 Å². The zero-order valence-corrected chi connectivity index (χ0v) is 14.7. The second-order valence-electron chi connectivity index (χ2n) is 5.41. The molecule has 0 heterocycles. The van der Waals surface area contributed by atoms with E-state index in [1.807, 2.05) is 6.07 Å². The normalized spacial score (nSPS) is 11.5. The third-order valence-electron chi connectivity index (χ3n) is 3.87. The molecular formula is C20H22O5. The molecule has 25 heavy (non-hydrogen) atoms. The first-order valence-electron chi connectivity index (χ1n) is 8.07. The molecule has 2 aromatic carbocycles. The predicted molar refractivity (Wildman–Crippen MR) is 94.3 cm³/mol. The van der Waals surface area contributed by atoms with Crippen molar-refractivity contribution in [1.29, 1.82) is 0 Å². The van der Waals surface area contributed by atoms with Crippen molar-refractivity contribution < 1.29 is 23.8 Å². The summed E-state index contributed by atoms with van der Waals surface area (Å²) in [5.74, 6) is -0.190. The highest BCUT2D eigenvalue weighted by Gasteiger charge is 2.26. The van der Waals surface area contributed by atoms with Crippen molar-refractivity contribution in [3.8, 4) is 11.5 Å². The SMILES string of the molecule is CCOC(=O)C(CC(=O)c1ccccc1)c1ccc(OC)c(OC)c1. The lowest BCUT2D eigenvalue weighted by atomic mass is 9.91. The molecule has 0 bridgehead atoms. The van der Waals surface area contributed by atoms with Crippen LogP contribution in [0.1, 0.15) is 35.2 Å². The summed E-state index contributed by atoms with van der Waals surface area (Å²) >= 11 is 0. The predicted octanol–water partition coefficient (Wildman–Crippen LogP) is 3.62. The van der Waals surface area contributed by atoms with Crippen LogP contribution in [0.15, 0.2) is 48.5 Å². The summed E-state index contributed by atoms with van der Waals surface area (Å²) in [6.45, 7) is 1.99. The van der Waals surface area contributed by atoms with E-state index >= 15 is 0 Å². The molecule has 0 aromatic heterocycles. The van der Waals surface area contributed by atoms with Crippen molar-refractivity contribution in [1.82, 2.24) is 0 Å². The van der Waals surface area contributed by atoms with Crippen molar-refractivity contribution in [2.75, 3.05) is 20.8 Å². The second kappa shape index (κ2) is 8.87. The molecule has 0 saturated heterocycles. The summed E-state index contributed by atoms with van der Waals surface area (Å²) in [7, 11) is 3.06. The maximum absolute atomic E-state index is 12.6. The first kappa shape index (κ1) is 18.5. The Morgan fingerprint density at radius 1 is 0.960 bits per heavy atom. The Morgan fingerprint density at radius 3 is 2.24 bits per heavy atom. The van der Waals surface area contributed by atoms with E-state index in [4.69, 9.17) is 14.2 Å². The first-order chi connectivity index (χ1) is 12.1. The number of benzene rings is 2.